The van der Waals surface area contributed by atoms with Crippen molar-refractivity contribution in [3.05, 3.63) is 40.5 Å². The number of halogens is 3. The summed E-state index contributed by atoms with van der Waals surface area (Å²) < 4.78 is 37.3. The van der Waals surface area contributed by atoms with Crippen molar-refractivity contribution in [1.29, 1.82) is 0 Å². The monoisotopic (exact) mass is 259 g/mol. The molecule has 0 aliphatic rings. The Bertz CT molecular complexity index is 482. The van der Waals surface area contributed by atoms with Crippen LogP contribution in [-0.2, 0) is 12.7 Å². The number of rotatable bonds is 3. The first-order valence-electron chi connectivity index (χ1n) is 4.70. The van der Waals surface area contributed by atoms with E-state index in [0.29, 0.717) is 6.54 Å². The molecule has 0 saturated heterocycles. The van der Waals surface area contributed by atoms with E-state index in [0.717, 1.165) is 23.2 Å². The molecule has 2 aromatic rings. The summed E-state index contributed by atoms with van der Waals surface area (Å²) in [5.41, 5.74) is 0.954. The van der Waals surface area contributed by atoms with E-state index in [1.165, 1.54) is 11.3 Å². The summed E-state index contributed by atoms with van der Waals surface area (Å²) in [4.78, 5) is 8.63. The Kier molecular flexibility index (Phi) is 3.28. The molecule has 0 amide bonds. The van der Waals surface area contributed by atoms with Crippen LogP contribution in [0.4, 0.5) is 19.0 Å². The zero-order chi connectivity index (χ0) is 12.3. The van der Waals surface area contributed by atoms with Crippen LogP contribution in [0.15, 0.2) is 30.0 Å². The van der Waals surface area contributed by atoms with Crippen molar-refractivity contribution in [2.75, 3.05) is 5.32 Å². The fraction of sp³-hybridized carbons (Fsp3) is 0.200. The van der Waals surface area contributed by atoms with Gasteiger partial charge in [0.05, 0.1) is 17.6 Å². The predicted octanol–water partition coefficient (Wildman–Crippen LogP) is 3.17. The first kappa shape index (κ1) is 11.8. The van der Waals surface area contributed by atoms with E-state index >= 15 is 0 Å². The Hall–Kier alpha value is -1.63. The third-order valence-electron chi connectivity index (χ3n) is 2.01. The molecule has 0 fully saturated rings. The third-order valence-corrected chi connectivity index (χ3v) is 2.79. The molecule has 17 heavy (non-hydrogen) atoms. The Morgan fingerprint density at radius 3 is 2.82 bits per heavy atom. The summed E-state index contributed by atoms with van der Waals surface area (Å²) in [5, 5.41) is 2.82. The highest BCUT2D eigenvalue weighted by Crippen LogP contribution is 2.29. The van der Waals surface area contributed by atoms with Gasteiger partial charge in [0, 0.05) is 17.3 Å². The van der Waals surface area contributed by atoms with Crippen LogP contribution < -0.4 is 5.32 Å². The molecule has 0 radical (unpaired) electrons. The van der Waals surface area contributed by atoms with Gasteiger partial charge >= 0.3 is 6.18 Å². The van der Waals surface area contributed by atoms with Crippen molar-refractivity contribution in [2.24, 2.45) is 0 Å². The molecule has 90 valence electrons. The Morgan fingerprint density at radius 1 is 1.35 bits per heavy atom. The van der Waals surface area contributed by atoms with Crippen LogP contribution in [0.3, 0.4) is 0 Å². The maximum Gasteiger partial charge on any atom is 0.416 e. The largest absolute Gasteiger partial charge is 0.416 e. The van der Waals surface area contributed by atoms with Gasteiger partial charge in [-0.05, 0) is 12.1 Å². The highest BCUT2D eigenvalue weighted by Gasteiger charge is 2.30. The van der Waals surface area contributed by atoms with Gasteiger partial charge in [-0.25, -0.2) is 4.98 Å². The van der Waals surface area contributed by atoms with E-state index in [1.54, 1.807) is 11.7 Å². The van der Waals surface area contributed by atoms with Crippen molar-refractivity contribution in [2.45, 2.75) is 12.7 Å². The Balaban J connectivity index is 2.07. The molecule has 3 nitrogen and oxygen atoms in total. The van der Waals surface area contributed by atoms with Crippen molar-refractivity contribution in [3.63, 3.8) is 0 Å². The van der Waals surface area contributed by atoms with Gasteiger partial charge in [0.1, 0.15) is 5.82 Å². The summed E-state index contributed by atoms with van der Waals surface area (Å²) >= 11 is 1.43. The summed E-state index contributed by atoms with van der Waals surface area (Å²) in [6.45, 7) is 0.416. The minimum atomic E-state index is -4.34. The maximum atomic E-state index is 12.4. The number of anilines is 1. The molecule has 0 bridgehead atoms. The van der Waals surface area contributed by atoms with Crippen LogP contribution in [0, 0.1) is 0 Å². The standard InChI is InChI=1S/C10H8F3N3S/c11-10(12,13)7-1-2-15-9(3-7)16-5-8-4-14-6-17-8/h1-4,6H,5H2,(H,15,16). The molecule has 2 aromatic heterocycles. The van der Waals surface area contributed by atoms with Crippen LogP contribution in [0.5, 0.6) is 0 Å². The summed E-state index contributed by atoms with van der Waals surface area (Å²) in [7, 11) is 0. The van der Waals surface area contributed by atoms with Crippen LogP contribution in [-0.4, -0.2) is 9.97 Å². The minimum absolute atomic E-state index is 0.202. The van der Waals surface area contributed by atoms with Gasteiger partial charge in [-0.3, -0.25) is 4.98 Å². The Labute approximate surface area is 99.3 Å². The second-order valence-electron chi connectivity index (χ2n) is 3.25. The number of aromatic nitrogens is 2. The highest BCUT2D eigenvalue weighted by atomic mass is 32.1. The lowest BCUT2D eigenvalue weighted by Gasteiger charge is -2.08. The molecule has 0 aliphatic heterocycles. The average molecular weight is 259 g/mol. The SMILES string of the molecule is FC(F)(F)c1ccnc(NCc2cncs2)c1. The number of nitrogens with one attached hydrogen (secondary N) is 1. The van der Waals surface area contributed by atoms with Crippen molar-refractivity contribution < 1.29 is 13.2 Å². The zero-order valence-electron chi connectivity index (χ0n) is 8.53. The van der Waals surface area contributed by atoms with Crippen molar-refractivity contribution >= 4 is 17.2 Å². The van der Waals surface area contributed by atoms with Gasteiger partial charge in [-0.2, -0.15) is 13.2 Å². The topological polar surface area (TPSA) is 37.8 Å². The molecule has 7 heteroatoms. The van der Waals surface area contributed by atoms with Gasteiger partial charge in [-0.1, -0.05) is 0 Å². The summed E-state index contributed by atoms with van der Waals surface area (Å²) in [6.07, 6.45) is -1.55. The molecular formula is C10H8F3N3S. The predicted molar refractivity (Wildman–Crippen MR) is 58.7 cm³/mol. The van der Waals surface area contributed by atoms with Crippen molar-refractivity contribution in [3.8, 4) is 0 Å². The van der Waals surface area contributed by atoms with E-state index in [4.69, 9.17) is 0 Å². The highest BCUT2D eigenvalue weighted by molar-refractivity contribution is 7.09. The van der Waals surface area contributed by atoms with Gasteiger partial charge in [0.2, 0.25) is 0 Å². The van der Waals surface area contributed by atoms with Gasteiger partial charge in [0.25, 0.3) is 0 Å². The maximum absolute atomic E-state index is 12.4. The summed E-state index contributed by atoms with van der Waals surface area (Å²) in [6, 6.07) is 1.93. The lowest BCUT2D eigenvalue weighted by Crippen LogP contribution is -2.07. The molecule has 0 unspecified atom stereocenters. The van der Waals surface area contributed by atoms with Crippen LogP contribution in [0.25, 0.3) is 0 Å². The first-order valence-corrected chi connectivity index (χ1v) is 5.58. The number of pyridine rings is 1. The normalized spacial score (nSPS) is 11.5. The fourth-order valence-electron chi connectivity index (χ4n) is 1.21. The van der Waals surface area contributed by atoms with E-state index < -0.39 is 11.7 Å². The van der Waals surface area contributed by atoms with Crippen molar-refractivity contribution in [1.82, 2.24) is 9.97 Å². The Morgan fingerprint density at radius 2 is 2.18 bits per heavy atom. The smallest absolute Gasteiger partial charge is 0.365 e. The second-order valence-corrected chi connectivity index (χ2v) is 4.22. The number of alkyl halides is 3. The number of nitrogens with zero attached hydrogens (tertiary/aromatic N) is 2. The van der Waals surface area contributed by atoms with Gasteiger partial charge in [-0.15, -0.1) is 11.3 Å². The minimum Gasteiger partial charge on any atom is -0.365 e. The molecule has 2 heterocycles. The van der Waals surface area contributed by atoms with Crippen LogP contribution in [0.2, 0.25) is 0 Å². The summed E-state index contributed by atoms with van der Waals surface area (Å²) in [5.74, 6) is 0.202. The second kappa shape index (κ2) is 4.70. The molecular weight excluding hydrogens is 251 g/mol. The third kappa shape index (κ3) is 3.16. The fourth-order valence-corrected chi connectivity index (χ4v) is 1.74. The molecule has 0 aromatic carbocycles. The van der Waals surface area contributed by atoms with Crippen LogP contribution in [0.1, 0.15) is 10.4 Å². The van der Waals surface area contributed by atoms with E-state index in [1.807, 2.05) is 0 Å². The van der Waals surface area contributed by atoms with E-state index in [9.17, 15) is 13.2 Å². The molecule has 0 spiro atoms. The average Bonchev–Trinajstić information content (AvgIpc) is 2.78. The molecule has 0 aliphatic carbocycles. The number of hydrogen-bond acceptors (Lipinski definition) is 4. The lowest BCUT2D eigenvalue weighted by atomic mass is 10.2. The van der Waals surface area contributed by atoms with Gasteiger partial charge in [0.15, 0.2) is 0 Å². The number of hydrogen-bond donors (Lipinski definition) is 1. The van der Waals surface area contributed by atoms with E-state index in [-0.39, 0.29) is 5.82 Å². The van der Waals surface area contributed by atoms with Gasteiger partial charge < -0.3 is 5.32 Å². The van der Waals surface area contributed by atoms with Crippen LogP contribution >= 0.6 is 11.3 Å². The molecule has 1 N–H and O–H groups in total. The molecule has 0 atom stereocenters. The lowest BCUT2D eigenvalue weighted by molar-refractivity contribution is -0.137. The quantitative estimate of drug-likeness (QED) is 0.920. The van der Waals surface area contributed by atoms with E-state index in [2.05, 4.69) is 15.3 Å². The molecule has 2 rings (SSSR count). The number of thiazole rings is 1. The molecule has 0 saturated carbocycles. The first-order chi connectivity index (χ1) is 8.05. The zero-order valence-corrected chi connectivity index (χ0v) is 9.35.